The van der Waals surface area contributed by atoms with E-state index in [-0.39, 0.29) is 17.5 Å². The van der Waals surface area contributed by atoms with E-state index in [2.05, 4.69) is 15.3 Å². The molecule has 22 heavy (non-hydrogen) atoms. The zero-order valence-electron chi connectivity index (χ0n) is 11.0. The van der Waals surface area contributed by atoms with Crippen molar-refractivity contribution >= 4 is 81.3 Å². The van der Waals surface area contributed by atoms with Crippen molar-refractivity contribution in [2.75, 3.05) is 0 Å². The van der Waals surface area contributed by atoms with E-state index in [0.717, 1.165) is 11.3 Å². The average molecular weight is 424 g/mol. The Hall–Kier alpha value is -0.100. The van der Waals surface area contributed by atoms with Crippen LogP contribution in [-0.2, 0) is 6.42 Å². The zero-order chi connectivity index (χ0) is 16.5. The third-order valence-electron chi connectivity index (χ3n) is 2.66. The van der Waals surface area contributed by atoms with Gasteiger partial charge in [0, 0.05) is 6.42 Å². The first-order chi connectivity index (χ1) is 10.1. The Morgan fingerprint density at radius 3 is 2.05 bits per heavy atom. The van der Waals surface area contributed by atoms with Gasteiger partial charge in [-0.2, -0.15) is 0 Å². The van der Waals surface area contributed by atoms with Gasteiger partial charge in [0.1, 0.15) is 5.76 Å². The molecule has 0 aliphatic carbocycles. The molecule has 2 rings (SSSR count). The summed E-state index contributed by atoms with van der Waals surface area (Å²) in [4.78, 5) is 8.22. The van der Waals surface area contributed by atoms with Crippen molar-refractivity contribution in [2.45, 2.75) is 20.9 Å². The standard InChI is InChI=1S/C12H9Cl6N3O/c1-6-4-5-22-7(6)2-3-8-19-9(11(13,14)15)21-10(20-8)12(16,17)18/h3-5H,2H2,1H3,(H,19,20,21). The summed E-state index contributed by atoms with van der Waals surface area (Å²) in [6.45, 7) is 1.92. The fraction of sp³-hybridized carbons (Fsp3) is 0.333. The van der Waals surface area contributed by atoms with E-state index in [4.69, 9.17) is 74.0 Å². The van der Waals surface area contributed by atoms with Crippen LogP contribution in [0.3, 0.4) is 0 Å². The lowest BCUT2D eigenvalue weighted by atomic mass is 10.2. The highest BCUT2D eigenvalue weighted by atomic mass is 35.6. The van der Waals surface area contributed by atoms with E-state index in [1.807, 2.05) is 13.0 Å². The Labute approximate surface area is 157 Å². The maximum absolute atomic E-state index is 5.83. The Kier molecular flexibility index (Phi) is 5.63. The molecule has 0 saturated heterocycles. The molecule has 0 radical (unpaired) electrons. The first-order valence-electron chi connectivity index (χ1n) is 5.89. The molecular formula is C12H9Cl6N3O. The van der Waals surface area contributed by atoms with Gasteiger partial charge in [0.15, 0.2) is 17.5 Å². The van der Waals surface area contributed by atoms with Gasteiger partial charge in [0.25, 0.3) is 0 Å². The number of amidine groups is 2. The molecule has 1 aromatic rings. The van der Waals surface area contributed by atoms with Crippen LogP contribution in [0.25, 0.3) is 0 Å². The molecular weight excluding hydrogens is 415 g/mol. The highest BCUT2D eigenvalue weighted by molar-refractivity contribution is 6.79. The maximum Gasteiger partial charge on any atom is 0.248 e. The number of halogens is 6. The second-order valence-electron chi connectivity index (χ2n) is 4.33. The van der Waals surface area contributed by atoms with Crippen LogP contribution in [0.5, 0.6) is 0 Å². The van der Waals surface area contributed by atoms with Crippen molar-refractivity contribution in [2.24, 2.45) is 9.98 Å². The first kappa shape index (κ1) is 18.2. The first-order valence-corrected chi connectivity index (χ1v) is 8.16. The summed E-state index contributed by atoms with van der Waals surface area (Å²) < 4.78 is 1.71. The van der Waals surface area contributed by atoms with Crippen LogP contribution >= 0.6 is 69.6 Å². The smallest absolute Gasteiger partial charge is 0.248 e. The maximum atomic E-state index is 5.83. The summed E-state index contributed by atoms with van der Waals surface area (Å²) >= 11 is 35.0. The molecule has 0 amide bonds. The number of aliphatic imine (C=N–C) groups is 2. The van der Waals surface area contributed by atoms with Gasteiger partial charge in [-0.15, -0.1) is 0 Å². The van der Waals surface area contributed by atoms with E-state index in [9.17, 15) is 0 Å². The van der Waals surface area contributed by atoms with Crippen molar-refractivity contribution in [1.29, 1.82) is 0 Å². The Balaban J connectivity index is 2.33. The Morgan fingerprint density at radius 1 is 1.09 bits per heavy atom. The van der Waals surface area contributed by atoms with Crippen LogP contribution in [0.2, 0.25) is 0 Å². The Morgan fingerprint density at radius 2 is 1.64 bits per heavy atom. The molecule has 0 atom stereocenters. The number of rotatable bonds is 2. The predicted molar refractivity (Wildman–Crippen MR) is 93.8 cm³/mol. The fourth-order valence-electron chi connectivity index (χ4n) is 1.58. The van der Waals surface area contributed by atoms with Crippen LogP contribution in [0.15, 0.2) is 38.6 Å². The minimum absolute atomic E-state index is 0.00348. The normalized spacial score (nSPS) is 16.0. The van der Waals surface area contributed by atoms with Crippen LogP contribution in [0.4, 0.5) is 0 Å². The van der Waals surface area contributed by atoms with Gasteiger partial charge in [0.2, 0.25) is 7.59 Å². The van der Waals surface area contributed by atoms with Crippen molar-refractivity contribution < 1.29 is 4.42 Å². The number of nitrogens with zero attached hydrogens (tertiary/aromatic N) is 2. The zero-order valence-corrected chi connectivity index (χ0v) is 15.5. The van der Waals surface area contributed by atoms with E-state index in [1.54, 1.807) is 12.3 Å². The van der Waals surface area contributed by atoms with E-state index >= 15 is 0 Å². The number of allylic oxidation sites excluding steroid dienone is 1. The molecule has 1 aromatic heterocycles. The summed E-state index contributed by atoms with van der Waals surface area (Å²) in [5, 5.41) is 2.61. The summed E-state index contributed by atoms with van der Waals surface area (Å²) in [5.74, 6) is 1.01. The molecule has 0 unspecified atom stereocenters. The van der Waals surface area contributed by atoms with Gasteiger partial charge >= 0.3 is 0 Å². The highest BCUT2D eigenvalue weighted by Crippen LogP contribution is 2.33. The summed E-state index contributed by atoms with van der Waals surface area (Å²) in [7, 11) is 0. The highest BCUT2D eigenvalue weighted by Gasteiger charge is 2.37. The van der Waals surface area contributed by atoms with Crippen molar-refractivity contribution in [3.63, 3.8) is 0 Å². The lowest BCUT2D eigenvalue weighted by molar-refractivity contribution is 0.520. The number of nitrogens with one attached hydrogen (secondary N) is 1. The van der Waals surface area contributed by atoms with Crippen LogP contribution in [0, 0.1) is 6.92 Å². The van der Waals surface area contributed by atoms with Gasteiger partial charge in [-0.25, -0.2) is 9.98 Å². The van der Waals surface area contributed by atoms with Crippen LogP contribution < -0.4 is 5.32 Å². The third kappa shape index (κ3) is 4.70. The number of alkyl halides is 6. The summed E-state index contributed by atoms with van der Waals surface area (Å²) in [6.07, 6.45) is 3.72. The lowest BCUT2D eigenvalue weighted by Crippen LogP contribution is -2.46. The van der Waals surface area contributed by atoms with Gasteiger partial charge in [0.05, 0.1) is 6.26 Å². The number of hydrogen-bond acceptors (Lipinski definition) is 4. The molecule has 0 bridgehead atoms. The molecule has 120 valence electrons. The van der Waals surface area contributed by atoms with Gasteiger partial charge < -0.3 is 9.73 Å². The van der Waals surface area contributed by atoms with E-state index < -0.39 is 7.59 Å². The summed E-state index contributed by atoms with van der Waals surface area (Å²) in [6, 6.07) is 1.85. The predicted octanol–water partition coefficient (Wildman–Crippen LogP) is 5.11. The second kappa shape index (κ2) is 6.80. The SMILES string of the molecule is Cc1ccoc1CC=C1N=C(C(Cl)(Cl)Cl)NC(C(Cl)(Cl)Cl)=N1. The van der Waals surface area contributed by atoms with Crippen molar-refractivity contribution in [3.8, 4) is 0 Å². The molecule has 0 saturated carbocycles. The minimum Gasteiger partial charge on any atom is -0.469 e. The monoisotopic (exact) mass is 421 g/mol. The van der Waals surface area contributed by atoms with E-state index in [1.165, 1.54) is 0 Å². The molecule has 0 fully saturated rings. The average Bonchev–Trinajstić information content (AvgIpc) is 2.79. The third-order valence-corrected chi connectivity index (χ3v) is 3.74. The largest absolute Gasteiger partial charge is 0.469 e. The second-order valence-corrected chi connectivity index (χ2v) is 8.90. The fourth-order valence-corrected chi connectivity index (χ4v) is 2.12. The number of aryl methyl sites for hydroxylation is 1. The molecule has 0 spiro atoms. The summed E-state index contributed by atoms with van der Waals surface area (Å²) in [5.41, 5.74) is 1.00. The van der Waals surface area contributed by atoms with Crippen molar-refractivity contribution in [3.05, 3.63) is 35.6 Å². The molecule has 10 heteroatoms. The lowest BCUT2D eigenvalue weighted by Gasteiger charge is -2.24. The topological polar surface area (TPSA) is 49.9 Å². The van der Waals surface area contributed by atoms with Gasteiger partial charge in [-0.1, -0.05) is 69.6 Å². The number of hydrogen-bond donors (Lipinski definition) is 1. The quantitative estimate of drug-likeness (QED) is 0.672. The van der Waals surface area contributed by atoms with Gasteiger partial charge in [-0.05, 0) is 24.6 Å². The molecule has 1 aliphatic heterocycles. The Bertz CT molecular complexity index is 619. The molecule has 1 N–H and O–H groups in total. The minimum atomic E-state index is -1.81. The molecule has 0 aromatic carbocycles. The van der Waals surface area contributed by atoms with Crippen molar-refractivity contribution in [1.82, 2.24) is 5.32 Å². The van der Waals surface area contributed by atoms with Crippen LogP contribution in [-0.4, -0.2) is 19.3 Å². The molecule has 1 aliphatic rings. The molecule has 4 nitrogen and oxygen atoms in total. The molecule has 2 heterocycles. The van der Waals surface area contributed by atoms with Gasteiger partial charge in [-0.3, -0.25) is 0 Å². The van der Waals surface area contributed by atoms with Crippen LogP contribution in [0.1, 0.15) is 11.3 Å². The number of furan rings is 1. The van der Waals surface area contributed by atoms with E-state index in [0.29, 0.717) is 6.42 Å².